The van der Waals surface area contributed by atoms with Crippen molar-refractivity contribution >= 4 is 45.4 Å². The number of nitrogens with one attached hydrogen (secondary N) is 1. The summed E-state index contributed by atoms with van der Waals surface area (Å²) in [5.41, 5.74) is 2.13. The van der Waals surface area contributed by atoms with Gasteiger partial charge in [-0.3, -0.25) is 4.79 Å². The third kappa shape index (κ3) is 8.97. The van der Waals surface area contributed by atoms with E-state index >= 15 is 0 Å². The molecule has 3 rings (SSSR count). The van der Waals surface area contributed by atoms with Crippen LogP contribution < -0.4 is 10.1 Å². The standard InChI is InChI=1S/C31H30IN3O6/c1-2-39-31(38)29-24-20-23(11-12-26(24)41-27(29)10-6-8-14-34)40-30-22(9-5-3-4-7-13-33)17-21(18-25(30)32)19-28(37)35-15-16-36/h11-12,17-18,20,36H,2-4,6-8,10,15-16,19H2,1H3,(H,35,37). The Kier molecular flexibility index (Phi) is 12.5. The molecule has 9 nitrogen and oxygen atoms in total. The largest absolute Gasteiger partial charge is 0.462 e. The van der Waals surface area contributed by atoms with E-state index < -0.39 is 5.97 Å². The highest BCUT2D eigenvalue weighted by Crippen LogP contribution is 2.36. The van der Waals surface area contributed by atoms with Crippen molar-refractivity contribution in [3.05, 3.63) is 56.4 Å². The summed E-state index contributed by atoms with van der Waals surface area (Å²) in [5, 5.41) is 29.9. The van der Waals surface area contributed by atoms with Crippen LogP contribution in [0.3, 0.4) is 0 Å². The van der Waals surface area contributed by atoms with Crippen LogP contribution in [0.4, 0.5) is 0 Å². The minimum Gasteiger partial charge on any atom is -0.462 e. The van der Waals surface area contributed by atoms with Crippen molar-refractivity contribution in [2.45, 2.75) is 51.9 Å². The molecule has 0 fully saturated rings. The molecule has 0 aliphatic rings. The Morgan fingerprint density at radius 2 is 1.88 bits per heavy atom. The Morgan fingerprint density at radius 3 is 2.61 bits per heavy atom. The third-order valence-corrected chi connectivity index (χ3v) is 6.64. The Bertz CT molecular complexity index is 1540. The Morgan fingerprint density at radius 1 is 1.10 bits per heavy atom. The summed E-state index contributed by atoms with van der Waals surface area (Å²) in [5.74, 6) is 6.89. The fraction of sp³-hybridized carbons (Fsp3) is 0.355. The van der Waals surface area contributed by atoms with E-state index in [4.69, 9.17) is 29.5 Å². The molecule has 0 bridgehead atoms. The average molecular weight is 667 g/mol. The van der Waals surface area contributed by atoms with Gasteiger partial charge in [0.15, 0.2) is 5.75 Å². The highest BCUT2D eigenvalue weighted by atomic mass is 127. The zero-order valence-electron chi connectivity index (χ0n) is 22.7. The first-order chi connectivity index (χ1) is 19.9. The summed E-state index contributed by atoms with van der Waals surface area (Å²) in [4.78, 5) is 25.1. The monoisotopic (exact) mass is 667 g/mol. The summed E-state index contributed by atoms with van der Waals surface area (Å²) >= 11 is 2.13. The molecule has 212 valence electrons. The number of unbranched alkanes of at least 4 members (excludes halogenated alkanes) is 3. The number of rotatable bonds is 13. The fourth-order valence-electron chi connectivity index (χ4n) is 4.04. The highest BCUT2D eigenvalue weighted by Gasteiger charge is 2.23. The van der Waals surface area contributed by atoms with Crippen LogP contribution in [0.15, 0.2) is 34.7 Å². The smallest absolute Gasteiger partial charge is 0.342 e. The van der Waals surface area contributed by atoms with Gasteiger partial charge in [0.05, 0.1) is 40.9 Å². The summed E-state index contributed by atoms with van der Waals surface area (Å²) in [6, 6.07) is 13.0. The molecule has 10 heteroatoms. The Labute approximate surface area is 252 Å². The van der Waals surface area contributed by atoms with Crippen LogP contribution in [0.25, 0.3) is 11.0 Å². The molecule has 0 aliphatic heterocycles. The van der Waals surface area contributed by atoms with Crippen molar-refractivity contribution in [3.63, 3.8) is 0 Å². The van der Waals surface area contributed by atoms with E-state index in [2.05, 4.69) is 51.9 Å². The number of furan rings is 1. The lowest BCUT2D eigenvalue weighted by Gasteiger charge is -2.13. The van der Waals surface area contributed by atoms with Gasteiger partial charge in [0.2, 0.25) is 5.91 Å². The van der Waals surface area contributed by atoms with Gasteiger partial charge >= 0.3 is 5.97 Å². The molecule has 1 aromatic heterocycles. The van der Waals surface area contributed by atoms with Gasteiger partial charge in [-0.05, 0) is 78.3 Å². The van der Waals surface area contributed by atoms with Crippen LogP contribution >= 0.6 is 22.6 Å². The average Bonchev–Trinajstić information content (AvgIpc) is 3.31. The predicted molar refractivity (Wildman–Crippen MR) is 160 cm³/mol. The lowest BCUT2D eigenvalue weighted by molar-refractivity contribution is -0.120. The second-order valence-corrected chi connectivity index (χ2v) is 10.1. The molecular formula is C31H30IN3O6. The predicted octanol–water partition coefficient (Wildman–Crippen LogP) is 5.55. The van der Waals surface area contributed by atoms with Crippen molar-refractivity contribution in [2.24, 2.45) is 0 Å². The number of hydrogen-bond acceptors (Lipinski definition) is 8. The maximum Gasteiger partial charge on any atom is 0.342 e. The zero-order chi connectivity index (χ0) is 29.6. The molecule has 0 atom stereocenters. The molecule has 0 aliphatic carbocycles. The van der Waals surface area contributed by atoms with Crippen LogP contribution in [-0.4, -0.2) is 36.7 Å². The van der Waals surface area contributed by atoms with E-state index in [1.807, 2.05) is 6.07 Å². The maximum atomic E-state index is 12.9. The molecule has 41 heavy (non-hydrogen) atoms. The summed E-state index contributed by atoms with van der Waals surface area (Å²) in [6.07, 6.45) is 3.00. The van der Waals surface area contributed by atoms with E-state index in [-0.39, 0.29) is 32.1 Å². The van der Waals surface area contributed by atoms with Crippen molar-refractivity contribution in [3.8, 4) is 35.5 Å². The SMILES string of the molecule is CCOC(=O)c1c(CCCC#N)oc2ccc(Oc3c(I)cc(CC(=O)NCCO)cc3C#CCCCC#N)cc12. The lowest BCUT2D eigenvalue weighted by Crippen LogP contribution is -2.27. The van der Waals surface area contributed by atoms with Gasteiger partial charge in [0, 0.05) is 37.6 Å². The van der Waals surface area contributed by atoms with Gasteiger partial charge in [0.25, 0.3) is 0 Å². The van der Waals surface area contributed by atoms with E-state index in [1.54, 1.807) is 31.2 Å². The first-order valence-corrected chi connectivity index (χ1v) is 14.3. The number of carbonyl (C=O) groups excluding carboxylic acids is 2. The summed E-state index contributed by atoms with van der Waals surface area (Å²) in [7, 11) is 0. The normalized spacial score (nSPS) is 10.3. The molecular weight excluding hydrogens is 637 g/mol. The fourth-order valence-corrected chi connectivity index (χ4v) is 4.85. The number of benzene rings is 2. The molecule has 1 heterocycles. The molecule has 0 unspecified atom stereocenters. The van der Waals surface area contributed by atoms with Gasteiger partial charge in [-0.15, -0.1) is 0 Å². The number of carbonyl (C=O) groups is 2. The van der Waals surface area contributed by atoms with Gasteiger partial charge < -0.3 is 24.3 Å². The third-order valence-electron chi connectivity index (χ3n) is 5.84. The molecule has 0 saturated heterocycles. The Balaban J connectivity index is 2.00. The van der Waals surface area contributed by atoms with Crippen LogP contribution in [0.1, 0.15) is 66.3 Å². The van der Waals surface area contributed by atoms with Gasteiger partial charge in [-0.1, -0.05) is 11.8 Å². The minimum absolute atomic E-state index is 0.109. The molecule has 0 radical (unpaired) electrons. The van der Waals surface area contributed by atoms with E-state index in [1.165, 1.54) is 0 Å². The topological polar surface area (TPSA) is 146 Å². The molecule has 0 saturated carbocycles. The maximum absolute atomic E-state index is 12.9. The number of fused-ring (bicyclic) bond motifs is 1. The number of aliphatic hydroxyl groups excluding tert-OH is 1. The number of aliphatic hydroxyl groups is 1. The molecule has 0 spiro atoms. The quantitative estimate of drug-likeness (QED) is 0.105. The van der Waals surface area contributed by atoms with E-state index in [9.17, 15) is 9.59 Å². The zero-order valence-corrected chi connectivity index (χ0v) is 24.9. The number of hydrogen-bond donors (Lipinski definition) is 2. The van der Waals surface area contributed by atoms with Gasteiger partial charge in [0.1, 0.15) is 22.7 Å². The van der Waals surface area contributed by atoms with Crippen molar-refractivity contribution < 1.29 is 28.6 Å². The van der Waals surface area contributed by atoms with E-state index in [0.29, 0.717) is 77.9 Å². The number of nitrogens with zero attached hydrogens (tertiary/aromatic N) is 2. The second kappa shape index (κ2) is 16.3. The van der Waals surface area contributed by atoms with Crippen molar-refractivity contribution in [2.75, 3.05) is 19.8 Å². The number of halogens is 1. The number of amides is 1. The highest BCUT2D eigenvalue weighted by molar-refractivity contribution is 14.1. The number of nitriles is 2. The number of aryl methyl sites for hydroxylation is 1. The van der Waals surface area contributed by atoms with Gasteiger partial charge in [-0.25, -0.2) is 4.79 Å². The van der Waals surface area contributed by atoms with Crippen LogP contribution in [0.2, 0.25) is 0 Å². The first kappa shape index (κ1) is 31.5. The summed E-state index contributed by atoms with van der Waals surface area (Å²) in [6.45, 7) is 1.97. The first-order valence-electron chi connectivity index (χ1n) is 13.2. The number of ether oxygens (including phenoxy) is 2. The molecule has 2 N–H and O–H groups in total. The van der Waals surface area contributed by atoms with E-state index in [0.717, 1.165) is 9.13 Å². The molecule has 1 amide bonds. The van der Waals surface area contributed by atoms with Crippen molar-refractivity contribution in [1.82, 2.24) is 5.32 Å². The van der Waals surface area contributed by atoms with Crippen LogP contribution in [0, 0.1) is 38.1 Å². The Hall–Kier alpha value is -4.05. The molecule has 2 aromatic carbocycles. The van der Waals surface area contributed by atoms with Crippen molar-refractivity contribution in [1.29, 1.82) is 10.5 Å². The van der Waals surface area contributed by atoms with Gasteiger partial charge in [-0.2, -0.15) is 10.5 Å². The second-order valence-electron chi connectivity index (χ2n) is 8.91. The lowest BCUT2D eigenvalue weighted by atomic mass is 10.1. The van der Waals surface area contributed by atoms with Crippen LogP contribution in [-0.2, 0) is 22.4 Å². The minimum atomic E-state index is -0.502. The molecule has 3 aromatic rings. The van der Waals surface area contributed by atoms with Crippen LogP contribution in [0.5, 0.6) is 11.5 Å². The summed E-state index contributed by atoms with van der Waals surface area (Å²) < 4.78 is 18.3. The number of esters is 1.